The van der Waals surface area contributed by atoms with Crippen LogP contribution in [0.1, 0.15) is 34.8 Å². The molecular weight excluding hydrogens is 328 g/mol. The molecule has 0 aliphatic heterocycles. The fourth-order valence-electron chi connectivity index (χ4n) is 1.99. The number of benzene rings is 1. The van der Waals surface area contributed by atoms with E-state index in [0.29, 0.717) is 40.4 Å². The highest BCUT2D eigenvalue weighted by molar-refractivity contribution is 7.17. The van der Waals surface area contributed by atoms with Crippen LogP contribution in [0.2, 0.25) is 0 Å². The van der Waals surface area contributed by atoms with Crippen molar-refractivity contribution in [3.63, 3.8) is 0 Å². The van der Waals surface area contributed by atoms with Crippen molar-refractivity contribution >= 4 is 28.6 Å². The first kappa shape index (κ1) is 17.7. The number of hydrazone groups is 1. The van der Waals surface area contributed by atoms with Gasteiger partial charge >= 0.3 is 0 Å². The molecule has 0 saturated carbocycles. The second kappa shape index (κ2) is 8.30. The number of ether oxygens (including phenoxy) is 2. The van der Waals surface area contributed by atoms with Crippen molar-refractivity contribution in [3.8, 4) is 11.5 Å². The zero-order valence-corrected chi connectivity index (χ0v) is 14.6. The van der Waals surface area contributed by atoms with Gasteiger partial charge in [-0.3, -0.25) is 4.79 Å². The molecule has 1 heterocycles. The molecule has 2 aromatic rings. The second-order valence-electron chi connectivity index (χ2n) is 4.74. The molecule has 0 radical (unpaired) electrons. The largest absolute Gasteiger partial charge is 0.490 e. The minimum atomic E-state index is -0.339. The van der Waals surface area contributed by atoms with Crippen molar-refractivity contribution in [1.29, 1.82) is 0 Å². The third-order valence-corrected chi connectivity index (χ3v) is 3.95. The quantitative estimate of drug-likeness (QED) is 0.592. The van der Waals surface area contributed by atoms with Gasteiger partial charge in [-0.05, 0) is 44.5 Å². The second-order valence-corrected chi connectivity index (χ2v) is 5.77. The van der Waals surface area contributed by atoms with Gasteiger partial charge in [0.15, 0.2) is 16.6 Å². The number of aryl methyl sites for hydroxylation is 1. The van der Waals surface area contributed by atoms with Crippen molar-refractivity contribution in [2.75, 3.05) is 18.9 Å². The Morgan fingerprint density at radius 2 is 2.04 bits per heavy atom. The van der Waals surface area contributed by atoms with E-state index in [9.17, 15) is 4.79 Å². The van der Waals surface area contributed by atoms with E-state index in [1.807, 2.05) is 26.0 Å². The van der Waals surface area contributed by atoms with Crippen LogP contribution < -0.4 is 20.6 Å². The summed E-state index contributed by atoms with van der Waals surface area (Å²) in [6.45, 7) is 6.63. The Bertz CT molecular complexity index is 743. The number of nitrogen functional groups attached to an aromatic ring is 1. The van der Waals surface area contributed by atoms with Crippen LogP contribution in [0.3, 0.4) is 0 Å². The van der Waals surface area contributed by atoms with Crippen molar-refractivity contribution in [1.82, 2.24) is 10.4 Å². The van der Waals surface area contributed by atoms with E-state index in [2.05, 4.69) is 15.5 Å². The number of hydrogen-bond acceptors (Lipinski definition) is 7. The van der Waals surface area contributed by atoms with Gasteiger partial charge in [0, 0.05) is 0 Å². The first-order chi connectivity index (χ1) is 11.5. The summed E-state index contributed by atoms with van der Waals surface area (Å²) in [5, 5.41) is 4.32. The average molecular weight is 348 g/mol. The zero-order chi connectivity index (χ0) is 17.5. The fourth-order valence-corrected chi connectivity index (χ4v) is 2.72. The minimum absolute atomic E-state index is 0.339. The Labute approximate surface area is 144 Å². The molecule has 0 aliphatic rings. The van der Waals surface area contributed by atoms with Crippen LogP contribution in [0.25, 0.3) is 0 Å². The molecule has 0 aliphatic carbocycles. The molecule has 0 bridgehead atoms. The first-order valence-corrected chi connectivity index (χ1v) is 8.32. The topological polar surface area (TPSA) is 98.8 Å². The summed E-state index contributed by atoms with van der Waals surface area (Å²) in [5.41, 5.74) is 9.42. The molecule has 1 aromatic carbocycles. The van der Waals surface area contributed by atoms with E-state index in [1.165, 1.54) is 6.21 Å². The van der Waals surface area contributed by atoms with Crippen LogP contribution in [0.4, 0.5) is 5.13 Å². The molecule has 0 fully saturated rings. The van der Waals surface area contributed by atoms with Crippen LogP contribution in [0.15, 0.2) is 23.3 Å². The van der Waals surface area contributed by atoms with Crippen molar-refractivity contribution < 1.29 is 14.3 Å². The third-order valence-electron chi connectivity index (χ3n) is 2.97. The van der Waals surface area contributed by atoms with Crippen LogP contribution in [0.5, 0.6) is 11.5 Å². The Kier molecular flexibility index (Phi) is 6.14. The predicted molar refractivity (Wildman–Crippen MR) is 95.1 cm³/mol. The number of amides is 1. The standard InChI is InChI=1S/C16H20N4O3S/c1-4-22-12-7-6-11(8-13(12)23-5-2)9-18-20-15(21)14-10(3)19-16(17)24-14/h6-9H,4-5H2,1-3H3,(H2,17,19)(H,20,21)/b18-9+. The van der Waals surface area contributed by atoms with Crippen LogP contribution >= 0.6 is 11.3 Å². The number of carbonyl (C=O) groups excluding carboxylic acids is 1. The van der Waals surface area contributed by atoms with Crippen LogP contribution in [-0.4, -0.2) is 30.3 Å². The average Bonchev–Trinajstić information content (AvgIpc) is 2.89. The lowest BCUT2D eigenvalue weighted by Gasteiger charge is -2.11. The molecule has 0 saturated heterocycles. The fraction of sp³-hybridized carbons (Fsp3) is 0.312. The van der Waals surface area contributed by atoms with Gasteiger partial charge in [0.05, 0.1) is 25.1 Å². The number of hydrogen-bond donors (Lipinski definition) is 2. The van der Waals surface area contributed by atoms with E-state index < -0.39 is 0 Å². The highest BCUT2D eigenvalue weighted by Crippen LogP contribution is 2.28. The van der Waals surface area contributed by atoms with Gasteiger partial charge in [-0.15, -0.1) is 0 Å². The van der Waals surface area contributed by atoms with Gasteiger partial charge in [-0.1, -0.05) is 11.3 Å². The smallest absolute Gasteiger partial charge is 0.283 e. The summed E-state index contributed by atoms with van der Waals surface area (Å²) in [4.78, 5) is 16.5. The van der Waals surface area contributed by atoms with Crippen LogP contribution in [-0.2, 0) is 0 Å². The maximum Gasteiger partial charge on any atom is 0.283 e. The molecule has 8 heteroatoms. The number of nitrogens with two attached hydrogens (primary N) is 1. The lowest BCUT2D eigenvalue weighted by Crippen LogP contribution is -2.17. The van der Waals surface area contributed by atoms with Gasteiger partial charge in [-0.2, -0.15) is 5.10 Å². The number of anilines is 1. The van der Waals surface area contributed by atoms with Gasteiger partial charge in [-0.25, -0.2) is 10.4 Å². The molecule has 7 nitrogen and oxygen atoms in total. The minimum Gasteiger partial charge on any atom is -0.490 e. The maximum atomic E-state index is 12.0. The van der Waals surface area contributed by atoms with Crippen molar-refractivity contribution in [2.24, 2.45) is 5.10 Å². The normalized spacial score (nSPS) is 10.8. The SMILES string of the molecule is CCOc1ccc(/C=N/NC(=O)c2sc(N)nc2C)cc1OCC. The van der Waals surface area contributed by atoms with Crippen LogP contribution in [0, 0.1) is 6.92 Å². The molecule has 0 spiro atoms. The summed E-state index contributed by atoms with van der Waals surface area (Å²) < 4.78 is 11.1. The zero-order valence-electron chi connectivity index (χ0n) is 13.8. The van der Waals surface area contributed by atoms with E-state index in [4.69, 9.17) is 15.2 Å². The molecule has 0 unspecified atom stereocenters. The molecular formula is C16H20N4O3S. The number of nitrogens with one attached hydrogen (secondary N) is 1. The lowest BCUT2D eigenvalue weighted by atomic mass is 10.2. The number of aromatic nitrogens is 1. The molecule has 1 amide bonds. The Hall–Kier alpha value is -2.61. The summed E-state index contributed by atoms with van der Waals surface area (Å²) in [7, 11) is 0. The number of carbonyl (C=O) groups is 1. The molecule has 24 heavy (non-hydrogen) atoms. The highest BCUT2D eigenvalue weighted by atomic mass is 32.1. The molecule has 3 N–H and O–H groups in total. The molecule has 1 aromatic heterocycles. The van der Waals surface area contributed by atoms with Gasteiger partial charge in [0.1, 0.15) is 4.88 Å². The van der Waals surface area contributed by atoms with Crippen molar-refractivity contribution in [3.05, 3.63) is 34.3 Å². The molecule has 128 valence electrons. The Balaban J connectivity index is 2.07. The number of thiazole rings is 1. The Morgan fingerprint density at radius 3 is 2.67 bits per heavy atom. The summed E-state index contributed by atoms with van der Waals surface area (Å²) in [6, 6.07) is 5.45. The van der Waals surface area contributed by atoms with E-state index in [-0.39, 0.29) is 5.91 Å². The summed E-state index contributed by atoms with van der Waals surface area (Å²) in [6.07, 6.45) is 1.54. The Morgan fingerprint density at radius 1 is 1.33 bits per heavy atom. The van der Waals surface area contributed by atoms with Crippen molar-refractivity contribution in [2.45, 2.75) is 20.8 Å². The highest BCUT2D eigenvalue weighted by Gasteiger charge is 2.13. The van der Waals surface area contributed by atoms with E-state index >= 15 is 0 Å². The summed E-state index contributed by atoms with van der Waals surface area (Å²) >= 11 is 1.13. The maximum absolute atomic E-state index is 12.0. The van der Waals surface area contributed by atoms with Gasteiger partial charge in [0.2, 0.25) is 0 Å². The molecule has 2 rings (SSSR count). The predicted octanol–water partition coefficient (Wildman–Crippen LogP) is 2.60. The number of nitrogens with zero attached hydrogens (tertiary/aromatic N) is 2. The molecule has 0 atom stereocenters. The number of rotatable bonds is 7. The van der Waals surface area contributed by atoms with E-state index in [1.54, 1.807) is 13.0 Å². The van der Waals surface area contributed by atoms with Gasteiger partial charge in [0.25, 0.3) is 5.91 Å². The van der Waals surface area contributed by atoms with E-state index in [0.717, 1.165) is 16.9 Å². The monoisotopic (exact) mass is 348 g/mol. The third kappa shape index (κ3) is 4.45. The van der Waals surface area contributed by atoms with Gasteiger partial charge < -0.3 is 15.2 Å². The first-order valence-electron chi connectivity index (χ1n) is 7.51. The lowest BCUT2D eigenvalue weighted by molar-refractivity contribution is 0.0958. The summed E-state index contributed by atoms with van der Waals surface area (Å²) in [5.74, 6) is 0.978.